The van der Waals surface area contributed by atoms with Crippen LogP contribution in [0.4, 0.5) is 0 Å². The number of aliphatic hydroxyl groups is 1. The Hall–Kier alpha value is -1.19. The standard InChI is InChI=1S/C15H17NOS/c1-10-16-9-14(18-10)15(17)13-7-5-12(6-8-13)11-3-2-4-11/h5-9,11,15,17H,2-4H2,1H3. The highest BCUT2D eigenvalue weighted by Gasteiger charge is 2.20. The number of hydrogen-bond donors (Lipinski definition) is 1. The van der Waals surface area contributed by atoms with E-state index in [2.05, 4.69) is 17.1 Å². The van der Waals surface area contributed by atoms with Gasteiger partial charge >= 0.3 is 0 Å². The van der Waals surface area contributed by atoms with Gasteiger partial charge in [0, 0.05) is 6.20 Å². The molecule has 2 aromatic rings. The number of aliphatic hydroxyl groups excluding tert-OH is 1. The Bertz CT molecular complexity index is 528. The second-order valence-corrected chi connectivity index (χ2v) is 6.25. The van der Waals surface area contributed by atoms with Crippen molar-refractivity contribution in [3.8, 4) is 0 Å². The van der Waals surface area contributed by atoms with Gasteiger partial charge in [-0.3, -0.25) is 0 Å². The monoisotopic (exact) mass is 259 g/mol. The van der Waals surface area contributed by atoms with Gasteiger partial charge < -0.3 is 5.11 Å². The van der Waals surface area contributed by atoms with E-state index in [1.54, 1.807) is 17.5 Å². The number of nitrogens with zero attached hydrogens (tertiary/aromatic N) is 1. The lowest BCUT2D eigenvalue weighted by Gasteiger charge is -2.26. The zero-order valence-electron chi connectivity index (χ0n) is 10.5. The molecule has 0 bridgehead atoms. The molecule has 3 heteroatoms. The molecule has 1 atom stereocenters. The normalized spacial score (nSPS) is 17.4. The molecule has 1 fully saturated rings. The Balaban J connectivity index is 1.79. The summed E-state index contributed by atoms with van der Waals surface area (Å²) < 4.78 is 0. The number of rotatable bonds is 3. The first-order valence-corrected chi connectivity index (χ1v) is 7.26. The second-order valence-electron chi connectivity index (χ2n) is 4.98. The lowest BCUT2D eigenvalue weighted by atomic mass is 9.80. The third-order valence-corrected chi connectivity index (χ3v) is 4.70. The number of aryl methyl sites for hydroxylation is 1. The Morgan fingerprint density at radius 1 is 1.28 bits per heavy atom. The summed E-state index contributed by atoms with van der Waals surface area (Å²) in [6.45, 7) is 1.96. The van der Waals surface area contributed by atoms with Gasteiger partial charge in [-0.25, -0.2) is 4.98 Å². The summed E-state index contributed by atoms with van der Waals surface area (Å²) in [4.78, 5) is 5.11. The number of aromatic nitrogens is 1. The Labute approximate surface area is 111 Å². The minimum absolute atomic E-state index is 0.536. The zero-order chi connectivity index (χ0) is 12.5. The maximum atomic E-state index is 10.3. The average Bonchev–Trinajstić information content (AvgIpc) is 2.74. The first-order valence-electron chi connectivity index (χ1n) is 6.44. The molecule has 1 unspecified atom stereocenters. The molecule has 0 spiro atoms. The van der Waals surface area contributed by atoms with Crippen LogP contribution in [-0.4, -0.2) is 10.1 Å². The molecule has 1 saturated carbocycles. The highest BCUT2D eigenvalue weighted by molar-refractivity contribution is 7.11. The van der Waals surface area contributed by atoms with E-state index in [4.69, 9.17) is 0 Å². The van der Waals surface area contributed by atoms with Gasteiger partial charge in [0.05, 0.1) is 9.88 Å². The topological polar surface area (TPSA) is 33.1 Å². The van der Waals surface area contributed by atoms with Crippen molar-refractivity contribution in [2.75, 3.05) is 0 Å². The van der Waals surface area contributed by atoms with Crippen molar-refractivity contribution in [1.29, 1.82) is 0 Å². The van der Waals surface area contributed by atoms with E-state index in [0.29, 0.717) is 0 Å². The van der Waals surface area contributed by atoms with E-state index in [1.165, 1.54) is 24.8 Å². The molecule has 1 aliphatic rings. The van der Waals surface area contributed by atoms with Crippen LogP contribution in [0.1, 0.15) is 52.3 Å². The van der Waals surface area contributed by atoms with Gasteiger partial charge in [0.25, 0.3) is 0 Å². The highest BCUT2D eigenvalue weighted by Crippen LogP contribution is 2.37. The largest absolute Gasteiger partial charge is 0.383 e. The van der Waals surface area contributed by atoms with Crippen LogP contribution in [0.2, 0.25) is 0 Å². The van der Waals surface area contributed by atoms with E-state index in [9.17, 15) is 5.11 Å². The molecule has 0 amide bonds. The van der Waals surface area contributed by atoms with Crippen LogP contribution in [0.15, 0.2) is 30.5 Å². The van der Waals surface area contributed by atoms with Crippen molar-refractivity contribution < 1.29 is 5.11 Å². The Morgan fingerprint density at radius 3 is 2.50 bits per heavy atom. The molecule has 1 N–H and O–H groups in total. The smallest absolute Gasteiger partial charge is 0.115 e. The molecule has 1 heterocycles. The Kier molecular flexibility index (Phi) is 3.18. The van der Waals surface area contributed by atoms with Crippen molar-refractivity contribution in [1.82, 2.24) is 4.98 Å². The molecule has 1 aromatic heterocycles. The third-order valence-electron chi connectivity index (χ3n) is 3.74. The average molecular weight is 259 g/mol. The molecule has 0 aliphatic heterocycles. The van der Waals surface area contributed by atoms with E-state index in [0.717, 1.165) is 21.4 Å². The molecule has 0 radical (unpaired) electrons. The second kappa shape index (κ2) is 4.82. The molecule has 1 aromatic carbocycles. The van der Waals surface area contributed by atoms with Crippen molar-refractivity contribution >= 4 is 11.3 Å². The minimum atomic E-state index is -0.536. The van der Waals surface area contributed by atoms with Crippen LogP contribution >= 0.6 is 11.3 Å². The van der Waals surface area contributed by atoms with Crippen LogP contribution in [0.5, 0.6) is 0 Å². The summed E-state index contributed by atoms with van der Waals surface area (Å²) in [6, 6.07) is 8.42. The summed E-state index contributed by atoms with van der Waals surface area (Å²) in [5.74, 6) is 0.752. The van der Waals surface area contributed by atoms with Crippen LogP contribution in [0.3, 0.4) is 0 Å². The number of benzene rings is 1. The Morgan fingerprint density at radius 2 is 2.00 bits per heavy atom. The van der Waals surface area contributed by atoms with Crippen molar-refractivity contribution in [3.63, 3.8) is 0 Å². The van der Waals surface area contributed by atoms with Crippen LogP contribution in [0.25, 0.3) is 0 Å². The molecular weight excluding hydrogens is 242 g/mol. The lowest BCUT2D eigenvalue weighted by Crippen LogP contribution is -2.08. The maximum absolute atomic E-state index is 10.3. The predicted molar refractivity (Wildman–Crippen MR) is 73.9 cm³/mol. The lowest BCUT2D eigenvalue weighted by molar-refractivity contribution is 0.224. The maximum Gasteiger partial charge on any atom is 0.115 e. The highest BCUT2D eigenvalue weighted by atomic mass is 32.1. The van der Waals surface area contributed by atoms with Gasteiger partial charge in [-0.05, 0) is 36.8 Å². The molecule has 18 heavy (non-hydrogen) atoms. The summed E-state index contributed by atoms with van der Waals surface area (Å²) in [7, 11) is 0. The van der Waals surface area contributed by atoms with Crippen LogP contribution < -0.4 is 0 Å². The predicted octanol–water partition coefficient (Wildman–Crippen LogP) is 3.80. The molecule has 94 valence electrons. The molecule has 0 saturated heterocycles. The summed E-state index contributed by atoms with van der Waals surface area (Å²) in [6.07, 6.45) is 5.22. The first-order chi connectivity index (χ1) is 8.74. The minimum Gasteiger partial charge on any atom is -0.383 e. The van der Waals surface area contributed by atoms with Gasteiger partial charge in [0.2, 0.25) is 0 Å². The summed E-state index contributed by atoms with van der Waals surface area (Å²) in [5.41, 5.74) is 2.37. The number of hydrogen-bond acceptors (Lipinski definition) is 3. The van der Waals surface area contributed by atoms with Crippen LogP contribution in [-0.2, 0) is 0 Å². The number of thiazole rings is 1. The van der Waals surface area contributed by atoms with Gasteiger partial charge in [-0.2, -0.15) is 0 Å². The molecule has 1 aliphatic carbocycles. The molecule has 3 rings (SSSR count). The molecule has 2 nitrogen and oxygen atoms in total. The van der Waals surface area contributed by atoms with Gasteiger partial charge in [-0.1, -0.05) is 30.7 Å². The fourth-order valence-electron chi connectivity index (χ4n) is 2.36. The van der Waals surface area contributed by atoms with Gasteiger partial charge in [0.15, 0.2) is 0 Å². The van der Waals surface area contributed by atoms with E-state index in [1.807, 2.05) is 19.1 Å². The summed E-state index contributed by atoms with van der Waals surface area (Å²) >= 11 is 1.56. The van der Waals surface area contributed by atoms with Gasteiger partial charge in [-0.15, -0.1) is 11.3 Å². The van der Waals surface area contributed by atoms with E-state index < -0.39 is 6.10 Å². The molecular formula is C15H17NOS. The zero-order valence-corrected chi connectivity index (χ0v) is 11.3. The SMILES string of the molecule is Cc1ncc(C(O)c2ccc(C3CCC3)cc2)s1. The first kappa shape index (κ1) is 11.9. The van der Waals surface area contributed by atoms with Crippen molar-refractivity contribution in [2.45, 2.75) is 38.2 Å². The van der Waals surface area contributed by atoms with Crippen molar-refractivity contribution in [3.05, 3.63) is 51.5 Å². The fourth-order valence-corrected chi connectivity index (χ4v) is 3.16. The quantitative estimate of drug-likeness (QED) is 0.909. The van der Waals surface area contributed by atoms with E-state index >= 15 is 0 Å². The van der Waals surface area contributed by atoms with Crippen LogP contribution in [0, 0.1) is 6.92 Å². The van der Waals surface area contributed by atoms with E-state index in [-0.39, 0.29) is 0 Å². The van der Waals surface area contributed by atoms with Gasteiger partial charge in [0.1, 0.15) is 6.10 Å². The summed E-state index contributed by atoms with van der Waals surface area (Å²) in [5, 5.41) is 11.3. The van der Waals surface area contributed by atoms with Crippen molar-refractivity contribution in [2.24, 2.45) is 0 Å². The fraction of sp³-hybridized carbons (Fsp3) is 0.400. The third kappa shape index (κ3) is 2.20.